The van der Waals surface area contributed by atoms with Crippen LogP contribution in [0.25, 0.3) is 0 Å². The number of nitrogens with one attached hydrogen (secondary N) is 1. The molecule has 1 fully saturated rings. The van der Waals surface area contributed by atoms with E-state index in [0.29, 0.717) is 30.2 Å². The fourth-order valence-electron chi connectivity index (χ4n) is 2.89. The summed E-state index contributed by atoms with van der Waals surface area (Å²) in [6.45, 7) is 3.83. The number of methoxy groups -OCH3 is 1. The summed E-state index contributed by atoms with van der Waals surface area (Å²) in [5.41, 5.74) is 0.557. The Bertz CT molecular complexity index is 534. The number of carbonyl (C=O) groups is 1. The second-order valence-electron chi connectivity index (χ2n) is 6.09. The van der Waals surface area contributed by atoms with Crippen molar-refractivity contribution in [1.82, 2.24) is 0 Å². The lowest BCUT2D eigenvalue weighted by atomic mass is 10.1. The van der Waals surface area contributed by atoms with Crippen molar-refractivity contribution < 1.29 is 29.4 Å². The van der Waals surface area contributed by atoms with Crippen molar-refractivity contribution in [3.8, 4) is 11.5 Å². The molecule has 1 aliphatic rings. The molecule has 0 aliphatic carbocycles. The number of piperidine rings is 1. The monoisotopic (exact) mass is 324 g/mol. The maximum atomic E-state index is 11.4. The quantitative estimate of drug-likeness (QED) is 0.599. The molecule has 2 rings (SSSR count). The zero-order valence-corrected chi connectivity index (χ0v) is 13.7. The smallest absolute Gasteiger partial charge is 0.161 e. The van der Waals surface area contributed by atoms with E-state index in [4.69, 9.17) is 9.47 Å². The van der Waals surface area contributed by atoms with E-state index in [2.05, 4.69) is 0 Å². The number of carbonyl (C=O) groups excluding carboxylic acids is 1. The Kier molecular flexibility index (Phi) is 6.38. The fourth-order valence-corrected chi connectivity index (χ4v) is 2.89. The number of rotatable bonds is 7. The van der Waals surface area contributed by atoms with Crippen LogP contribution in [0.2, 0.25) is 0 Å². The summed E-state index contributed by atoms with van der Waals surface area (Å²) in [5.74, 6) is 0.943. The Hall–Kier alpha value is -1.63. The lowest BCUT2D eigenvalue weighted by molar-refractivity contribution is -0.911. The number of Topliss-reactive ketones (excluding diaryl/α,β-unsaturated/α-hetero) is 1. The molecule has 0 radical (unpaired) electrons. The predicted octanol–water partition coefficient (Wildman–Crippen LogP) is -0.323. The predicted molar refractivity (Wildman–Crippen MR) is 85.3 cm³/mol. The summed E-state index contributed by atoms with van der Waals surface area (Å²) in [6, 6.07) is 4.99. The van der Waals surface area contributed by atoms with E-state index in [0.717, 1.165) is 19.4 Å². The van der Waals surface area contributed by atoms with E-state index in [9.17, 15) is 15.0 Å². The van der Waals surface area contributed by atoms with Gasteiger partial charge in [0.05, 0.1) is 13.7 Å². The van der Waals surface area contributed by atoms with Crippen LogP contribution in [0.3, 0.4) is 0 Å². The third-order valence-electron chi connectivity index (χ3n) is 4.12. The van der Waals surface area contributed by atoms with Gasteiger partial charge in [0.15, 0.2) is 17.3 Å². The van der Waals surface area contributed by atoms with Gasteiger partial charge in [0.25, 0.3) is 0 Å². The molecule has 1 unspecified atom stereocenters. The molecule has 23 heavy (non-hydrogen) atoms. The molecule has 1 aromatic carbocycles. The Labute approximate surface area is 136 Å². The van der Waals surface area contributed by atoms with Gasteiger partial charge in [-0.1, -0.05) is 0 Å². The van der Waals surface area contributed by atoms with Crippen molar-refractivity contribution in [2.24, 2.45) is 0 Å². The van der Waals surface area contributed by atoms with Gasteiger partial charge in [-0.05, 0) is 38.0 Å². The van der Waals surface area contributed by atoms with E-state index in [1.165, 1.54) is 18.9 Å². The van der Waals surface area contributed by atoms with Crippen LogP contribution in [0.4, 0.5) is 0 Å². The highest BCUT2D eigenvalue weighted by atomic mass is 16.5. The van der Waals surface area contributed by atoms with Crippen LogP contribution in [-0.4, -0.2) is 61.6 Å². The van der Waals surface area contributed by atoms with E-state index >= 15 is 0 Å². The molecule has 3 atom stereocenters. The average Bonchev–Trinajstić information content (AvgIpc) is 2.52. The standard InChI is InChI=1S/C17H25NO5/c1-12(19)13-5-6-16(17(8-13)22-2)23-11-15(21)10-18-7-3-4-14(20)9-18/h5-6,8,14-15,20-21H,3-4,7,9-11H2,1-2H3/p+1/t14-,15-/m0/s1. The minimum atomic E-state index is -0.618. The van der Waals surface area contributed by atoms with Gasteiger partial charge in [0.1, 0.15) is 31.9 Å². The van der Waals surface area contributed by atoms with E-state index < -0.39 is 6.10 Å². The highest BCUT2D eigenvalue weighted by Gasteiger charge is 2.23. The molecule has 3 N–H and O–H groups in total. The van der Waals surface area contributed by atoms with Crippen LogP contribution < -0.4 is 14.4 Å². The molecular formula is C17H26NO5+. The van der Waals surface area contributed by atoms with Gasteiger partial charge in [-0.25, -0.2) is 0 Å². The molecular weight excluding hydrogens is 298 g/mol. The first-order valence-electron chi connectivity index (χ1n) is 8.01. The molecule has 1 aliphatic heterocycles. The molecule has 0 amide bonds. The lowest BCUT2D eigenvalue weighted by Gasteiger charge is -2.28. The van der Waals surface area contributed by atoms with E-state index in [1.807, 2.05) is 0 Å². The highest BCUT2D eigenvalue weighted by molar-refractivity contribution is 5.94. The molecule has 0 aromatic heterocycles. The van der Waals surface area contributed by atoms with Gasteiger partial charge in [-0.3, -0.25) is 4.79 Å². The van der Waals surface area contributed by atoms with Crippen LogP contribution in [0.1, 0.15) is 30.1 Å². The number of ether oxygens (including phenoxy) is 2. The fraction of sp³-hybridized carbons (Fsp3) is 0.588. The van der Waals surface area contributed by atoms with Crippen molar-refractivity contribution >= 4 is 5.78 Å². The van der Waals surface area contributed by atoms with Crippen molar-refractivity contribution in [2.75, 3.05) is 33.4 Å². The summed E-state index contributed by atoms with van der Waals surface area (Å²) in [6.07, 6.45) is 0.929. The first kappa shape index (κ1) is 17.7. The first-order valence-corrected chi connectivity index (χ1v) is 8.01. The van der Waals surface area contributed by atoms with Crippen LogP contribution in [0.15, 0.2) is 18.2 Å². The lowest BCUT2D eigenvalue weighted by Crippen LogP contribution is -3.15. The van der Waals surface area contributed by atoms with E-state index in [-0.39, 0.29) is 18.5 Å². The zero-order valence-electron chi connectivity index (χ0n) is 13.7. The number of hydrogen-bond acceptors (Lipinski definition) is 5. The second kappa shape index (κ2) is 8.29. The summed E-state index contributed by atoms with van der Waals surface area (Å²) in [7, 11) is 1.52. The van der Waals surface area contributed by atoms with Crippen LogP contribution in [0.5, 0.6) is 11.5 Å². The molecule has 1 aromatic rings. The van der Waals surface area contributed by atoms with Crippen LogP contribution in [0, 0.1) is 0 Å². The number of quaternary nitrogens is 1. The Balaban J connectivity index is 1.88. The Morgan fingerprint density at radius 1 is 1.43 bits per heavy atom. The van der Waals surface area contributed by atoms with Gasteiger partial charge in [0.2, 0.25) is 0 Å². The van der Waals surface area contributed by atoms with Gasteiger partial charge in [0, 0.05) is 5.56 Å². The van der Waals surface area contributed by atoms with Gasteiger partial charge < -0.3 is 24.6 Å². The Morgan fingerprint density at radius 3 is 2.87 bits per heavy atom. The summed E-state index contributed by atoms with van der Waals surface area (Å²) in [4.78, 5) is 12.6. The number of hydrogen-bond donors (Lipinski definition) is 3. The second-order valence-corrected chi connectivity index (χ2v) is 6.09. The minimum Gasteiger partial charge on any atom is -0.493 e. The number of benzene rings is 1. The summed E-state index contributed by atoms with van der Waals surface area (Å²) >= 11 is 0. The molecule has 0 saturated carbocycles. The van der Waals surface area contributed by atoms with Crippen LogP contribution >= 0.6 is 0 Å². The third-order valence-corrected chi connectivity index (χ3v) is 4.12. The Morgan fingerprint density at radius 2 is 2.22 bits per heavy atom. The first-order chi connectivity index (χ1) is 11.0. The molecule has 0 bridgehead atoms. The SMILES string of the molecule is COc1cc(C(C)=O)ccc1OC[C@@H](O)C[NH+]1CCC[C@H](O)C1. The van der Waals surface area contributed by atoms with Crippen LogP contribution in [-0.2, 0) is 0 Å². The normalized spacial score (nSPS) is 22.4. The molecule has 1 saturated heterocycles. The van der Waals surface area contributed by atoms with Crippen molar-refractivity contribution in [1.29, 1.82) is 0 Å². The van der Waals surface area contributed by atoms with Gasteiger partial charge >= 0.3 is 0 Å². The topological polar surface area (TPSA) is 80.4 Å². The van der Waals surface area contributed by atoms with Crippen molar-refractivity contribution in [3.05, 3.63) is 23.8 Å². The molecule has 6 nitrogen and oxygen atoms in total. The number of ketones is 1. The number of likely N-dealkylation sites (tertiary alicyclic amines) is 1. The van der Waals surface area contributed by atoms with Gasteiger partial charge in [-0.2, -0.15) is 0 Å². The third kappa shape index (κ3) is 5.20. The summed E-state index contributed by atoms with van der Waals surface area (Å²) in [5, 5.41) is 19.8. The maximum absolute atomic E-state index is 11.4. The molecule has 6 heteroatoms. The average molecular weight is 324 g/mol. The van der Waals surface area contributed by atoms with Gasteiger partial charge in [-0.15, -0.1) is 0 Å². The van der Waals surface area contributed by atoms with Crippen molar-refractivity contribution in [2.45, 2.75) is 32.0 Å². The number of aliphatic hydroxyl groups excluding tert-OH is 2. The molecule has 128 valence electrons. The highest BCUT2D eigenvalue weighted by Crippen LogP contribution is 2.28. The summed E-state index contributed by atoms with van der Waals surface area (Å²) < 4.78 is 10.9. The maximum Gasteiger partial charge on any atom is 0.161 e. The largest absolute Gasteiger partial charge is 0.493 e. The molecule has 1 heterocycles. The van der Waals surface area contributed by atoms with Crippen molar-refractivity contribution in [3.63, 3.8) is 0 Å². The molecule has 0 spiro atoms. The van der Waals surface area contributed by atoms with E-state index in [1.54, 1.807) is 18.2 Å². The number of aliphatic hydroxyl groups is 2. The zero-order chi connectivity index (χ0) is 16.8. The minimum absolute atomic E-state index is 0.0397.